The van der Waals surface area contributed by atoms with Crippen LogP contribution in [0.2, 0.25) is 0 Å². The van der Waals surface area contributed by atoms with Crippen molar-refractivity contribution in [2.75, 3.05) is 0 Å². The number of halogens is 1. The van der Waals surface area contributed by atoms with Crippen LogP contribution in [0.15, 0.2) is 53.3 Å². The lowest BCUT2D eigenvalue weighted by molar-refractivity contribution is 0.0697. The quantitative estimate of drug-likeness (QED) is 0.546. The predicted molar refractivity (Wildman–Crippen MR) is 116 cm³/mol. The molecule has 0 unspecified atom stereocenters. The van der Waals surface area contributed by atoms with Crippen LogP contribution in [0.4, 0.5) is 4.39 Å². The standard InChI is InChI=1S/C24H27FN2O3/c1-3-5-10-21-22(15-25)26(4-2)24(30)27(21)16-17-11-13-18(14-12-17)19-8-6-7-9-20(19)23(28)29/h6-9,11-14H,3-5,10,15-16H2,1-2H3,(H,28,29). The Morgan fingerprint density at radius 1 is 1.00 bits per heavy atom. The zero-order chi connectivity index (χ0) is 21.7. The molecular formula is C24H27FN2O3. The molecule has 0 aliphatic heterocycles. The normalized spacial score (nSPS) is 11.0. The summed E-state index contributed by atoms with van der Waals surface area (Å²) in [6.45, 7) is 4.07. The largest absolute Gasteiger partial charge is 0.478 e. The number of aromatic carboxylic acids is 1. The SMILES string of the molecule is CCCCc1c(CF)n(CC)c(=O)n1Cc1ccc(-c2ccccc2C(=O)O)cc1. The smallest absolute Gasteiger partial charge is 0.336 e. The van der Waals surface area contributed by atoms with Gasteiger partial charge in [0.1, 0.15) is 6.67 Å². The Hall–Kier alpha value is -3.15. The summed E-state index contributed by atoms with van der Waals surface area (Å²) in [5.41, 5.74) is 3.66. The number of carbonyl (C=O) groups is 1. The molecule has 1 aromatic heterocycles. The second-order valence-electron chi connectivity index (χ2n) is 7.29. The first kappa shape index (κ1) is 21.6. The zero-order valence-corrected chi connectivity index (χ0v) is 17.4. The molecule has 0 radical (unpaired) electrons. The number of aromatic nitrogens is 2. The fraction of sp³-hybridized carbons (Fsp3) is 0.333. The number of alkyl halides is 1. The molecule has 0 saturated heterocycles. The second-order valence-corrected chi connectivity index (χ2v) is 7.29. The van der Waals surface area contributed by atoms with Gasteiger partial charge in [-0.1, -0.05) is 55.8 Å². The van der Waals surface area contributed by atoms with E-state index in [9.17, 15) is 19.1 Å². The van der Waals surface area contributed by atoms with Gasteiger partial charge in [-0.25, -0.2) is 14.0 Å². The number of carboxylic acids is 1. The van der Waals surface area contributed by atoms with Gasteiger partial charge in [0.2, 0.25) is 0 Å². The maximum Gasteiger partial charge on any atom is 0.336 e. The van der Waals surface area contributed by atoms with E-state index in [4.69, 9.17) is 0 Å². The number of rotatable bonds is 9. The van der Waals surface area contributed by atoms with Crippen LogP contribution in [0, 0.1) is 0 Å². The molecule has 0 amide bonds. The molecule has 0 fully saturated rings. The molecule has 3 aromatic rings. The van der Waals surface area contributed by atoms with Gasteiger partial charge >= 0.3 is 11.7 Å². The first-order valence-electron chi connectivity index (χ1n) is 10.3. The van der Waals surface area contributed by atoms with Crippen molar-refractivity contribution in [3.8, 4) is 11.1 Å². The molecule has 0 aliphatic rings. The molecule has 5 nitrogen and oxygen atoms in total. The number of nitrogens with zero attached hydrogens (tertiary/aromatic N) is 2. The first-order valence-corrected chi connectivity index (χ1v) is 10.3. The average Bonchev–Trinajstić information content (AvgIpc) is 3.02. The van der Waals surface area contributed by atoms with Crippen molar-refractivity contribution >= 4 is 5.97 Å². The number of hydrogen-bond donors (Lipinski definition) is 1. The fourth-order valence-electron chi connectivity index (χ4n) is 3.84. The predicted octanol–water partition coefficient (Wildman–Crippen LogP) is 4.90. The van der Waals surface area contributed by atoms with Crippen molar-refractivity contribution in [3.05, 3.63) is 81.5 Å². The molecule has 0 spiro atoms. The number of unbranched alkanes of at least 4 members (excludes halogenated alkanes) is 1. The van der Waals surface area contributed by atoms with Crippen LogP contribution in [0.3, 0.4) is 0 Å². The van der Waals surface area contributed by atoms with Crippen molar-refractivity contribution < 1.29 is 14.3 Å². The summed E-state index contributed by atoms with van der Waals surface area (Å²) in [5.74, 6) is -0.971. The molecule has 6 heteroatoms. The van der Waals surface area contributed by atoms with Crippen molar-refractivity contribution in [1.29, 1.82) is 0 Å². The zero-order valence-electron chi connectivity index (χ0n) is 17.4. The third-order valence-electron chi connectivity index (χ3n) is 5.42. The van der Waals surface area contributed by atoms with E-state index in [0.29, 0.717) is 30.8 Å². The van der Waals surface area contributed by atoms with Gasteiger partial charge in [0.05, 0.1) is 17.8 Å². The van der Waals surface area contributed by atoms with E-state index in [1.54, 1.807) is 28.8 Å². The van der Waals surface area contributed by atoms with E-state index in [1.807, 2.05) is 31.2 Å². The molecule has 3 rings (SSSR count). The minimum Gasteiger partial charge on any atom is -0.478 e. The van der Waals surface area contributed by atoms with Crippen LogP contribution in [0.5, 0.6) is 0 Å². The Bertz CT molecular complexity index is 1080. The highest BCUT2D eigenvalue weighted by atomic mass is 19.1. The number of imidazole rings is 1. The molecule has 0 saturated carbocycles. The summed E-state index contributed by atoms with van der Waals surface area (Å²) >= 11 is 0. The van der Waals surface area contributed by atoms with Crippen LogP contribution in [-0.2, 0) is 26.2 Å². The number of carboxylic acid groups (broad SMARTS) is 1. The lowest BCUT2D eigenvalue weighted by atomic mass is 9.99. The highest BCUT2D eigenvalue weighted by Gasteiger charge is 2.19. The second kappa shape index (κ2) is 9.57. The van der Waals surface area contributed by atoms with Gasteiger partial charge in [-0.3, -0.25) is 9.13 Å². The first-order chi connectivity index (χ1) is 14.5. The summed E-state index contributed by atoms with van der Waals surface area (Å²) in [6, 6.07) is 14.4. The van der Waals surface area contributed by atoms with E-state index in [2.05, 4.69) is 6.92 Å². The van der Waals surface area contributed by atoms with E-state index in [1.165, 1.54) is 4.57 Å². The van der Waals surface area contributed by atoms with Crippen LogP contribution >= 0.6 is 0 Å². The van der Waals surface area contributed by atoms with Gasteiger partial charge in [-0.05, 0) is 42.5 Å². The van der Waals surface area contributed by atoms with Crippen molar-refractivity contribution in [2.24, 2.45) is 0 Å². The third-order valence-corrected chi connectivity index (χ3v) is 5.42. The van der Waals surface area contributed by atoms with Gasteiger partial charge in [-0.2, -0.15) is 0 Å². The van der Waals surface area contributed by atoms with Crippen molar-refractivity contribution in [2.45, 2.75) is 52.9 Å². The Morgan fingerprint density at radius 2 is 1.70 bits per heavy atom. The Morgan fingerprint density at radius 3 is 2.30 bits per heavy atom. The maximum atomic E-state index is 13.7. The molecule has 2 aromatic carbocycles. The lowest BCUT2D eigenvalue weighted by Gasteiger charge is -2.10. The number of benzene rings is 2. The minimum atomic E-state index is -0.971. The molecule has 158 valence electrons. The van der Waals surface area contributed by atoms with Gasteiger partial charge in [-0.15, -0.1) is 0 Å². The third kappa shape index (κ3) is 4.22. The topological polar surface area (TPSA) is 64.2 Å². The van der Waals surface area contributed by atoms with Gasteiger partial charge < -0.3 is 5.11 Å². The van der Waals surface area contributed by atoms with Crippen LogP contribution in [0.1, 0.15) is 54.0 Å². The minimum absolute atomic E-state index is 0.184. The van der Waals surface area contributed by atoms with Crippen molar-refractivity contribution in [3.63, 3.8) is 0 Å². The maximum absolute atomic E-state index is 13.7. The van der Waals surface area contributed by atoms with E-state index in [-0.39, 0.29) is 11.3 Å². The summed E-state index contributed by atoms with van der Waals surface area (Å²) in [4.78, 5) is 24.4. The molecule has 1 N–H and O–H groups in total. The molecule has 30 heavy (non-hydrogen) atoms. The molecule has 0 aliphatic carbocycles. The molecule has 0 atom stereocenters. The molecular weight excluding hydrogens is 383 g/mol. The Balaban J connectivity index is 1.95. The Kier molecular flexibility index (Phi) is 6.87. The molecule has 1 heterocycles. The summed E-state index contributed by atoms with van der Waals surface area (Å²) in [5, 5.41) is 9.41. The van der Waals surface area contributed by atoms with E-state index < -0.39 is 12.6 Å². The van der Waals surface area contributed by atoms with Gasteiger partial charge in [0.25, 0.3) is 0 Å². The molecule has 0 bridgehead atoms. The van der Waals surface area contributed by atoms with Crippen LogP contribution < -0.4 is 5.69 Å². The van der Waals surface area contributed by atoms with Gasteiger partial charge in [0.15, 0.2) is 0 Å². The summed E-state index contributed by atoms with van der Waals surface area (Å²) < 4.78 is 16.9. The summed E-state index contributed by atoms with van der Waals surface area (Å²) in [6.07, 6.45) is 2.53. The average molecular weight is 410 g/mol. The summed E-state index contributed by atoms with van der Waals surface area (Å²) in [7, 11) is 0. The van der Waals surface area contributed by atoms with Crippen LogP contribution in [-0.4, -0.2) is 20.2 Å². The fourth-order valence-corrected chi connectivity index (χ4v) is 3.84. The van der Waals surface area contributed by atoms with E-state index >= 15 is 0 Å². The van der Waals surface area contributed by atoms with E-state index in [0.717, 1.165) is 29.7 Å². The lowest BCUT2D eigenvalue weighted by Crippen LogP contribution is -2.25. The van der Waals surface area contributed by atoms with Crippen LogP contribution in [0.25, 0.3) is 11.1 Å². The monoisotopic (exact) mass is 410 g/mol. The van der Waals surface area contributed by atoms with Crippen molar-refractivity contribution in [1.82, 2.24) is 9.13 Å². The highest BCUT2D eigenvalue weighted by Crippen LogP contribution is 2.24. The Labute approximate surface area is 175 Å². The highest BCUT2D eigenvalue weighted by molar-refractivity contribution is 5.95. The number of hydrogen-bond acceptors (Lipinski definition) is 2. The van der Waals surface area contributed by atoms with Gasteiger partial charge in [0, 0.05) is 12.2 Å².